The molecule has 2 rings (SSSR count). The van der Waals surface area contributed by atoms with E-state index in [0.717, 1.165) is 31.3 Å². The average Bonchev–Trinajstić information content (AvgIpc) is 2.99. The van der Waals surface area contributed by atoms with Crippen LogP contribution in [0.1, 0.15) is 13.8 Å². The number of rotatable bonds is 4. The molecule has 0 saturated carbocycles. The lowest BCUT2D eigenvalue weighted by Gasteiger charge is -2.39. The van der Waals surface area contributed by atoms with Gasteiger partial charge in [-0.1, -0.05) is 6.92 Å². The van der Waals surface area contributed by atoms with Crippen LogP contribution in [0.4, 0.5) is 5.13 Å². The Labute approximate surface area is 117 Å². The number of anilines is 1. The molecule has 0 spiro atoms. The van der Waals surface area contributed by atoms with Gasteiger partial charge in [0.2, 0.25) is 5.91 Å². The Kier molecular flexibility index (Phi) is 4.73. The number of hydrazine groups is 1. The molecule has 2 unspecified atom stereocenters. The van der Waals surface area contributed by atoms with Crippen LogP contribution < -0.4 is 16.2 Å². The highest BCUT2D eigenvalue weighted by Gasteiger charge is 2.28. The predicted molar refractivity (Wildman–Crippen MR) is 76.9 cm³/mol. The van der Waals surface area contributed by atoms with Gasteiger partial charge in [-0.25, -0.2) is 10.8 Å². The van der Waals surface area contributed by atoms with Crippen molar-refractivity contribution in [1.29, 1.82) is 0 Å². The minimum absolute atomic E-state index is 0.101. The van der Waals surface area contributed by atoms with E-state index < -0.39 is 0 Å². The molecule has 1 fully saturated rings. The van der Waals surface area contributed by atoms with Gasteiger partial charge >= 0.3 is 0 Å². The highest BCUT2D eigenvalue weighted by molar-refractivity contribution is 7.13. The minimum atomic E-state index is -0.102. The van der Waals surface area contributed by atoms with Crippen LogP contribution in [0.15, 0.2) is 11.6 Å². The van der Waals surface area contributed by atoms with E-state index in [1.54, 1.807) is 11.3 Å². The van der Waals surface area contributed by atoms with Gasteiger partial charge < -0.3 is 4.90 Å². The molecule has 0 aromatic carbocycles. The van der Waals surface area contributed by atoms with Gasteiger partial charge in [-0.3, -0.25) is 15.1 Å². The molecule has 1 aromatic heterocycles. The van der Waals surface area contributed by atoms with Gasteiger partial charge in [0.15, 0.2) is 5.13 Å². The normalized spacial score (nSPS) is 20.1. The van der Waals surface area contributed by atoms with Gasteiger partial charge in [0, 0.05) is 43.8 Å². The first kappa shape index (κ1) is 14.2. The smallest absolute Gasteiger partial charge is 0.238 e. The molecule has 6 nitrogen and oxygen atoms in total. The molecule has 0 bridgehead atoms. The van der Waals surface area contributed by atoms with E-state index in [1.165, 1.54) is 0 Å². The highest BCUT2D eigenvalue weighted by atomic mass is 32.1. The summed E-state index contributed by atoms with van der Waals surface area (Å²) >= 11 is 1.67. The number of piperazine rings is 1. The number of aromatic nitrogens is 1. The van der Waals surface area contributed by atoms with Crippen LogP contribution >= 0.6 is 11.3 Å². The maximum absolute atomic E-state index is 11.6. The summed E-state index contributed by atoms with van der Waals surface area (Å²) in [5.74, 6) is 4.99. The average molecular weight is 283 g/mol. The summed E-state index contributed by atoms with van der Waals surface area (Å²) < 4.78 is 0. The summed E-state index contributed by atoms with van der Waals surface area (Å²) in [6, 6.07) is 0.196. The van der Waals surface area contributed by atoms with Crippen LogP contribution in [0, 0.1) is 5.92 Å². The monoisotopic (exact) mass is 283 g/mol. The maximum atomic E-state index is 11.6. The molecule has 2 atom stereocenters. The summed E-state index contributed by atoms with van der Waals surface area (Å²) in [4.78, 5) is 20.5. The molecule has 19 heavy (non-hydrogen) atoms. The zero-order valence-corrected chi connectivity index (χ0v) is 12.2. The van der Waals surface area contributed by atoms with E-state index in [4.69, 9.17) is 5.84 Å². The lowest BCUT2D eigenvalue weighted by atomic mass is 10.0. The topological polar surface area (TPSA) is 74.5 Å². The first-order valence-electron chi connectivity index (χ1n) is 6.52. The van der Waals surface area contributed by atoms with E-state index in [-0.39, 0.29) is 17.9 Å². The SMILES string of the molecule is CC(C(=O)NN)C(C)N1CCN(c2nccs2)CC1. The Balaban J connectivity index is 1.87. The van der Waals surface area contributed by atoms with Crippen molar-refractivity contribution >= 4 is 22.4 Å². The lowest BCUT2D eigenvalue weighted by Crippen LogP contribution is -2.53. The van der Waals surface area contributed by atoms with E-state index in [1.807, 2.05) is 18.5 Å². The van der Waals surface area contributed by atoms with Crippen LogP contribution in [0.5, 0.6) is 0 Å². The Morgan fingerprint density at radius 1 is 1.42 bits per heavy atom. The lowest BCUT2D eigenvalue weighted by molar-refractivity contribution is -0.126. The molecule has 1 amide bonds. The minimum Gasteiger partial charge on any atom is -0.346 e. The third-order valence-electron chi connectivity index (χ3n) is 3.86. The van der Waals surface area contributed by atoms with Crippen LogP contribution in [0.3, 0.4) is 0 Å². The van der Waals surface area contributed by atoms with Crippen LogP contribution in [0.2, 0.25) is 0 Å². The zero-order chi connectivity index (χ0) is 13.8. The molecule has 3 N–H and O–H groups in total. The first-order valence-corrected chi connectivity index (χ1v) is 7.40. The van der Waals surface area contributed by atoms with Gasteiger partial charge in [0.1, 0.15) is 0 Å². The summed E-state index contributed by atoms with van der Waals surface area (Å²) in [6.07, 6.45) is 1.84. The van der Waals surface area contributed by atoms with Crippen molar-refractivity contribution in [2.24, 2.45) is 11.8 Å². The van der Waals surface area contributed by atoms with Crippen molar-refractivity contribution in [2.45, 2.75) is 19.9 Å². The highest BCUT2D eigenvalue weighted by Crippen LogP contribution is 2.21. The number of carbonyl (C=O) groups is 1. The van der Waals surface area contributed by atoms with Crippen molar-refractivity contribution in [2.75, 3.05) is 31.1 Å². The number of carbonyl (C=O) groups excluding carboxylic acids is 1. The Morgan fingerprint density at radius 3 is 2.63 bits per heavy atom. The molecule has 2 heterocycles. The molecule has 0 aliphatic carbocycles. The fraction of sp³-hybridized carbons (Fsp3) is 0.667. The van der Waals surface area contributed by atoms with Crippen molar-refractivity contribution in [3.63, 3.8) is 0 Å². The number of nitrogens with two attached hydrogens (primary N) is 1. The Bertz CT molecular complexity index is 402. The summed E-state index contributed by atoms with van der Waals surface area (Å²) in [5.41, 5.74) is 2.23. The predicted octanol–water partition coefficient (Wildman–Crippen LogP) is 0.280. The van der Waals surface area contributed by atoms with E-state index in [0.29, 0.717) is 0 Å². The first-order chi connectivity index (χ1) is 9.13. The van der Waals surface area contributed by atoms with Gasteiger partial charge in [0.25, 0.3) is 0 Å². The molecule has 1 aliphatic rings. The number of thiazole rings is 1. The summed E-state index contributed by atoms with van der Waals surface area (Å²) in [7, 11) is 0. The fourth-order valence-corrected chi connectivity index (χ4v) is 3.06. The molecule has 1 aliphatic heterocycles. The second-order valence-electron chi connectivity index (χ2n) is 4.88. The number of hydrogen-bond acceptors (Lipinski definition) is 6. The third-order valence-corrected chi connectivity index (χ3v) is 4.69. The number of nitrogens with one attached hydrogen (secondary N) is 1. The molecule has 0 radical (unpaired) electrons. The van der Waals surface area contributed by atoms with Crippen molar-refractivity contribution < 1.29 is 4.79 Å². The Hall–Kier alpha value is -1.18. The summed E-state index contributed by atoms with van der Waals surface area (Å²) in [6.45, 7) is 7.80. The van der Waals surface area contributed by atoms with Crippen molar-refractivity contribution in [3.8, 4) is 0 Å². The second kappa shape index (κ2) is 6.31. The largest absolute Gasteiger partial charge is 0.346 e. The van der Waals surface area contributed by atoms with Gasteiger partial charge in [-0.15, -0.1) is 11.3 Å². The third kappa shape index (κ3) is 3.23. The zero-order valence-electron chi connectivity index (χ0n) is 11.4. The van der Waals surface area contributed by atoms with Crippen LogP contribution in [-0.4, -0.2) is 48.0 Å². The van der Waals surface area contributed by atoms with Crippen LogP contribution in [-0.2, 0) is 4.79 Å². The number of nitrogens with zero attached hydrogens (tertiary/aromatic N) is 3. The second-order valence-corrected chi connectivity index (χ2v) is 5.75. The molecule has 7 heteroatoms. The number of amides is 1. The Morgan fingerprint density at radius 2 is 2.11 bits per heavy atom. The molecule has 1 saturated heterocycles. The van der Waals surface area contributed by atoms with Crippen LogP contribution in [0.25, 0.3) is 0 Å². The van der Waals surface area contributed by atoms with E-state index >= 15 is 0 Å². The fourth-order valence-electron chi connectivity index (χ4n) is 2.36. The van der Waals surface area contributed by atoms with Crippen molar-refractivity contribution in [1.82, 2.24) is 15.3 Å². The summed E-state index contributed by atoms with van der Waals surface area (Å²) in [5, 5.41) is 3.08. The van der Waals surface area contributed by atoms with E-state index in [9.17, 15) is 4.79 Å². The molecular formula is C12H21N5OS. The number of hydrogen-bond donors (Lipinski definition) is 2. The quantitative estimate of drug-likeness (QED) is 0.472. The van der Waals surface area contributed by atoms with Gasteiger partial charge in [0.05, 0.1) is 5.92 Å². The molecule has 106 valence electrons. The van der Waals surface area contributed by atoms with Gasteiger partial charge in [-0.05, 0) is 6.92 Å². The molecule has 1 aromatic rings. The standard InChI is InChI=1S/C12H21N5OS/c1-9(11(18)15-13)10(2)16-4-6-17(7-5-16)12-14-3-8-19-12/h3,8-10H,4-7,13H2,1-2H3,(H,15,18). The van der Waals surface area contributed by atoms with E-state index in [2.05, 4.69) is 27.1 Å². The van der Waals surface area contributed by atoms with Gasteiger partial charge in [-0.2, -0.15) is 0 Å². The van der Waals surface area contributed by atoms with Crippen molar-refractivity contribution in [3.05, 3.63) is 11.6 Å². The maximum Gasteiger partial charge on any atom is 0.238 e. The molecular weight excluding hydrogens is 262 g/mol.